The van der Waals surface area contributed by atoms with Gasteiger partial charge in [-0.3, -0.25) is 4.99 Å². The first-order chi connectivity index (χ1) is 13.2. The van der Waals surface area contributed by atoms with Crippen LogP contribution in [0.2, 0.25) is 0 Å². The molecule has 0 aliphatic rings. The maximum absolute atomic E-state index is 13.7. The highest BCUT2D eigenvalue weighted by atomic mass is 19.1. The normalized spacial score (nSPS) is 11.4. The van der Waals surface area contributed by atoms with E-state index in [4.69, 9.17) is 4.42 Å². The standard InChI is InChI=1S/C21H23FN4O/c1-15-7-9-16(10-8-15)20-26-18(14-27-20)11-12-24-21(23-2)25-13-17-5-3-4-6-19(17)22/h3-10,14H,11-13H2,1-2H3,(H2,23,24,25). The topological polar surface area (TPSA) is 62.5 Å². The van der Waals surface area contributed by atoms with Crippen LogP contribution in [0.25, 0.3) is 11.5 Å². The van der Waals surface area contributed by atoms with Gasteiger partial charge >= 0.3 is 0 Å². The van der Waals surface area contributed by atoms with E-state index in [9.17, 15) is 4.39 Å². The lowest BCUT2D eigenvalue weighted by Crippen LogP contribution is -2.38. The zero-order chi connectivity index (χ0) is 19.1. The van der Waals surface area contributed by atoms with E-state index in [-0.39, 0.29) is 5.82 Å². The Balaban J connectivity index is 1.48. The molecule has 0 saturated carbocycles. The molecule has 0 saturated heterocycles. The summed E-state index contributed by atoms with van der Waals surface area (Å²) < 4.78 is 19.2. The Kier molecular flexibility index (Phi) is 6.20. The number of guanidine groups is 1. The fourth-order valence-electron chi connectivity index (χ4n) is 2.60. The number of benzene rings is 2. The highest BCUT2D eigenvalue weighted by Crippen LogP contribution is 2.19. The second kappa shape index (κ2) is 8.98. The Morgan fingerprint density at radius 2 is 1.89 bits per heavy atom. The molecule has 0 spiro atoms. The van der Waals surface area contributed by atoms with Gasteiger partial charge in [-0.2, -0.15) is 0 Å². The molecule has 0 aliphatic carbocycles. The Morgan fingerprint density at radius 1 is 1.11 bits per heavy atom. The third-order valence-electron chi connectivity index (χ3n) is 4.15. The van der Waals surface area contributed by atoms with Crippen molar-refractivity contribution in [3.05, 3.63) is 77.4 Å². The Labute approximate surface area is 158 Å². The van der Waals surface area contributed by atoms with Crippen LogP contribution in [0, 0.1) is 12.7 Å². The monoisotopic (exact) mass is 366 g/mol. The lowest BCUT2D eigenvalue weighted by Gasteiger charge is -2.11. The van der Waals surface area contributed by atoms with Gasteiger partial charge in [-0.25, -0.2) is 9.37 Å². The smallest absolute Gasteiger partial charge is 0.226 e. The molecule has 2 N–H and O–H groups in total. The number of aliphatic imine (C=N–C) groups is 1. The molecule has 140 valence electrons. The average Bonchev–Trinajstić information content (AvgIpc) is 3.15. The SMILES string of the molecule is CN=C(NCCc1coc(-c2ccc(C)cc2)n1)NCc1ccccc1F. The van der Waals surface area contributed by atoms with Crippen LogP contribution < -0.4 is 10.6 Å². The molecular formula is C21H23FN4O. The molecule has 0 atom stereocenters. The third-order valence-corrected chi connectivity index (χ3v) is 4.15. The molecular weight excluding hydrogens is 343 g/mol. The van der Waals surface area contributed by atoms with Gasteiger partial charge in [0.1, 0.15) is 12.1 Å². The van der Waals surface area contributed by atoms with Crippen LogP contribution in [0.1, 0.15) is 16.8 Å². The van der Waals surface area contributed by atoms with Gasteiger partial charge in [0.25, 0.3) is 0 Å². The van der Waals surface area contributed by atoms with Crippen molar-refractivity contribution in [2.24, 2.45) is 4.99 Å². The summed E-state index contributed by atoms with van der Waals surface area (Å²) >= 11 is 0. The number of oxazole rings is 1. The summed E-state index contributed by atoms with van der Waals surface area (Å²) in [6.45, 7) is 3.05. The van der Waals surface area contributed by atoms with Crippen LogP contribution in [-0.4, -0.2) is 24.5 Å². The van der Waals surface area contributed by atoms with E-state index in [0.29, 0.717) is 36.9 Å². The third kappa shape index (κ3) is 5.17. The van der Waals surface area contributed by atoms with E-state index in [2.05, 4.69) is 20.6 Å². The van der Waals surface area contributed by atoms with E-state index in [1.54, 1.807) is 25.4 Å². The van der Waals surface area contributed by atoms with Gasteiger partial charge in [0.2, 0.25) is 5.89 Å². The van der Waals surface area contributed by atoms with E-state index < -0.39 is 0 Å². The van der Waals surface area contributed by atoms with Crippen molar-refractivity contribution in [3.8, 4) is 11.5 Å². The molecule has 3 aromatic rings. The van der Waals surface area contributed by atoms with Crippen LogP contribution in [0.5, 0.6) is 0 Å². The van der Waals surface area contributed by atoms with E-state index >= 15 is 0 Å². The Morgan fingerprint density at radius 3 is 2.63 bits per heavy atom. The largest absolute Gasteiger partial charge is 0.444 e. The average molecular weight is 366 g/mol. The molecule has 27 heavy (non-hydrogen) atoms. The second-order valence-electron chi connectivity index (χ2n) is 6.20. The van der Waals surface area contributed by atoms with Gasteiger partial charge in [0, 0.05) is 37.7 Å². The maximum atomic E-state index is 13.7. The number of hydrogen-bond donors (Lipinski definition) is 2. The number of hydrogen-bond acceptors (Lipinski definition) is 3. The predicted molar refractivity (Wildman–Crippen MR) is 105 cm³/mol. The summed E-state index contributed by atoms with van der Waals surface area (Å²) in [7, 11) is 1.68. The highest BCUT2D eigenvalue weighted by molar-refractivity contribution is 5.79. The van der Waals surface area contributed by atoms with Gasteiger partial charge in [0.05, 0.1) is 5.69 Å². The molecule has 3 rings (SSSR count). The van der Waals surface area contributed by atoms with E-state index in [1.165, 1.54) is 11.6 Å². The number of nitrogens with one attached hydrogen (secondary N) is 2. The van der Waals surface area contributed by atoms with Gasteiger partial charge in [-0.15, -0.1) is 0 Å². The fourth-order valence-corrected chi connectivity index (χ4v) is 2.60. The Bertz CT molecular complexity index is 903. The van der Waals surface area contributed by atoms with Crippen LogP contribution in [-0.2, 0) is 13.0 Å². The van der Waals surface area contributed by atoms with Crippen molar-refractivity contribution in [2.45, 2.75) is 19.9 Å². The minimum absolute atomic E-state index is 0.230. The lowest BCUT2D eigenvalue weighted by molar-refractivity contribution is 0.572. The molecule has 0 unspecified atom stereocenters. The van der Waals surface area contributed by atoms with Gasteiger partial charge in [0.15, 0.2) is 5.96 Å². The van der Waals surface area contributed by atoms with Crippen molar-refractivity contribution in [1.82, 2.24) is 15.6 Å². The Hall–Kier alpha value is -3.15. The van der Waals surface area contributed by atoms with Crippen molar-refractivity contribution < 1.29 is 8.81 Å². The van der Waals surface area contributed by atoms with E-state index in [0.717, 1.165) is 11.3 Å². The zero-order valence-electron chi connectivity index (χ0n) is 15.5. The van der Waals surface area contributed by atoms with Crippen molar-refractivity contribution in [1.29, 1.82) is 0 Å². The molecule has 1 heterocycles. The molecule has 0 fully saturated rings. The molecule has 5 nitrogen and oxygen atoms in total. The quantitative estimate of drug-likeness (QED) is 0.516. The number of rotatable bonds is 6. The number of halogens is 1. The molecule has 6 heteroatoms. The minimum atomic E-state index is -0.230. The first-order valence-electron chi connectivity index (χ1n) is 8.85. The zero-order valence-corrected chi connectivity index (χ0v) is 15.5. The van der Waals surface area contributed by atoms with Crippen molar-refractivity contribution >= 4 is 5.96 Å². The van der Waals surface area contributed by atoms with Gasteiger partial charge in [-0.05, 0) is 25.1 Å². The summed E-state index contributed by atoms with van der Waals surface area (Å²) in [6, 6.07) is 14.7. The molecule has 1 aromatic heterocycles. The van der Waals surface area contributed by atoms with E-state index in [1.807, 2.05) is 37.3 Å². The molecule has 0 amide bonds. The minimum Gasteiger partial charge on any atom is -0.444 e. The van der Waals surface area contributed by atoms with Crippen molar-refractivity contribution in [3.63, 3.8) is 0 Å². The molecule has 0 aliphatic heterocycles. The van der Waals surface area contributed by atoms with Gasteiger partial charge < -0.3 is 15.1 Å². The number of aromatic nitrogens is 1. The summed E-state index contributed by atoms with van der Waals surface area (Å²) in [6.07, 6.45) is 2.36. The maximum Gasteiger partial charge on any atom is 0.226 e. The highest BCUT2D eigenvalue weighted by Gasteiger charge is 2.07. The molecule has 2 aromatic carbocycles. The number of nitrogens with zero attached hydrogens (tertiary/aromatic N) is 2. The summed E-state index contributed by atoms with van der Waals surface area (Å²) in [5.41, 5.74) is 3.62. The van der Waals surface area contributed by atoms with Gasteiger partial charge in [-0.1, -0.05) is 35.9 Å². The predicted octanol–water partition coefficient (Wildman–Crippen LogP) is 3.70. The van der Waals surface area contributed by atoms with Crippen LogP contribution in [0.3, 0.4) is 0 Å². The fraction of sp³-hybridized carbons (Fsp3) is 0.238. The summed E-state index contributed by atoms with van der Waals surface area (Å²) in [5, 5.41) is 6.30. The van der Waals surface area contributed by atoms with Crippen molar-refractivity contribution in [2.75, 3.05) is 13.6 Å². The molecule has 0 bridgehead atoms. The first-order valence-corrected chi connectivity index (χ1v) is 8.85. The van der Waals surface area contributed by atoms with Crippen LogP contribution in [0.4, 0.5) is 4.39 Å². The number of aryl methyl sites for hydroxylation is 1. The summed E-state index contributed by atoms with van der Waals surface area (Å²) in [4.78, 5) is 8.67. The lowest BCUT2D eigenvalue weighted by atomic mass is 10.1. The summed E-state index contributed by atoms with van der Waals surface area (Å²) in [5.74, 6) is 0.999. The first kappa shape index (κ1) is 18.6. The second-order valence-corrected chi connectivity index (χ2v) is 6.20. The molecule has 0 radical (unpaired) electrons. The van der Waals surface area contributed by atoms with Crippen LogP contribution in [0.15, 0.2) is 64.2 Å². The van der Waals surface area contributed by atoms with Crippen LogP contribution >= 0.6 is 0 Å².